The van der Waals surface area contributed by atoms with Crippen LogP contribution in [0.2, 0.25) is 0 Å². The molecule has 6 heteroatoms. The molecule has 2 aliphatic heterocycles. The Hall–Kier alpha value is -2.21. The van der Waals surface area contributed by atoms with E-state index in [1.54, 1.807) is 14.2 Å². The number of fused-ring (bicyclic) bond motifs is 1. The largest absolute Gasteiger partial charge is 0.502 e. The average molecular weight is 371 g/mol. The number of imidazole rings is 1. The summed E-state index contributed by atoms with van der Waals surface area (Å²) < 4.78 is 12.9. The highest BCUT2D eigenvalue weighted by molar-refractivity contribution is 5.66. The molecular weight excluding hydrogens is 342 g/mol. The second kappa shape index (κ2) is 7.80. The number of benzene rings is 1. The fourth-order valence-electron chi connectivity index (χ4n) is 4.78. The number of phenols is 1. The third-order valence-corrected chi connectivity index (χ3v) is 6.11. The van der Waals surface area contributed by atoms with Gasteiger partial charge in [-0.25, -0.2) is 4.98 Å². The minimum atomic E-state index is 0.0204. The van der Waals surface area contributed by atoms with Gasteiger partial charge in [-0.15, -0.1) is 0 Å². The number of aromatic nitrogens is 2. The second-order valence-electron chi connectivity index (χ2n) is 7.63. The summed E-state index contributed by atoms with van der Waals surface area (Å²) in [5.74, 6) is 2.37. The van der Waals surface area contributed by atoms with Crippen molar-refractivity contribution in [2.75, 3.05) is 27.3 Å². The maximum atomic E-state index is 10.2. The first-order valence-electron chi connectivity index (χ1n) is 9.91. The van der Waals surface area contributed by atoms with Crippen LogP contribution in [-0.2, 0) is 6.54 Å². The first kappa shape index (κ1) is 18.2. The van der Waals surface area contributed by atoms with E-state index < -0.39 is 0 Å². The second-order valence-corrected chi connectivity index (χ2v) is 7.63. The number of nitrogens with zero attached hydrogens (tertiary/aromatic N) is 3. The van der Waals surface area contributed by atoms with E-state index >= 15 is 0 Å². The number of hydrogen-bond acceptors (Lipinski definition) is 5. The molecule has 2 aliphatic rings. The van der Waals surface area contributed by atoms with Crippen molar-refractivity contribution in [1.29, 1.82) is 0 Å². The number of methoxy groups -OCH3 is 2. The van der Waals surface area contributed by atoms with Gasteiger partial charge in [0.2, 0.25) is 5.75 Å². The van der Waals surface area contributed by atoms with Crippen LogP contribution in [0.1, 0.15) is 32.1 Å². The minimum Gasteiger partial charge on any atom is -0.502 e. The molecular formula is C21H29N3O3. The molecule has 3 heterocycles. The van der Waals surface area contributed by atoms with Crippen molar-refractivity contribution in [1.82, 2.24) is 14.5 Å². The van der Waals surface area contributed by atoms with E-state index in [0.29, 0.717) is 23.5 Å². The Morgan fingerprint density at radius 2 is 1.81 bits per heavy atom. The number of piperidine rings is 2. The summed E-state index contributed by atoms with van der Waals surface area (Å²) in [5.41, 5.74) is 0.891. The normalized spacial score (nSPS) is 23.0. The molecule has 1 aromatic carbocycles. The van der Waals surface area contributed by atoms with Crippen LogP contribution in [0.25, 0.3) is 11.4 Å². The molecule has 4 rings (SSSR count). The molecule has 2 saturated heterocycles. The molecule has 0 unspecified atom stereocenters. The van der Waals surface area contributed by atoms with E-state index in [2.05, 4.69) is 20.6 Å². The van der Waals surface area contributed by atoms with Crippen LogP contribution in [0.3, 0.4) is 0 Å². The first-order valence-corrected chi connectivity index (χ1v) is 9.91. The summed E-state index contributed by atoms with van der Waals surface area (Å²) >= 11 is 0. The predicted octanol–water partition coefficient (Wildman–Crippen LogP) is 3.54. The highest BCUT2D eigenvalue weighted by atomic mass is 16.5. The summed E-state index contributed by atoms with van der Waals surface area (Å²) in [5, 5.41) is 10.2. The molecule has 146 valence electrons. The maximum absolute atomic E-state index is 10.2. The van der Waals surface area contributed by atoms with Gasteiger partial charge in [0.25, 0.3) is 0 Å². The highest BCUT2D eigenvalue weighted by Crippen LogP contribution is 2.40. The molecule has 1 N–H and O–H groups in total. The molecule has 0 amide bonds. The van der Waals surface area contributed by atoms with Gasteiger partial charge < -0.3 is 24.0 Å². The van der Waals surface area contributed by atoms with Gasteiger partial charge in [-0.3, -0.25) is 0 Å². The lowest BCUT2D eigenvalue weighted by atomic mass is 9.83. The topological polar surface area (TPSA) is 59.8 Å². The lowest BCUT2D eigenvalue weighted by Gasteiger charge is -2.44. The van der Waals surface area contributed by atoms with Crippen LogP contribution in [0, 0.1) is 5.92 Å². The summed E-state index contributed by atoms with van der Waals surface area (Å²) in [4.78, 5) is 7.29. The SMILES string of the molecule is COc1cc(-c2nccn2C[C@@H]2CCCN3CCCC[C@H]23)cc(OC)c1O. The number of hydrogen-bond donors (Lipinski definition) is 1. The van der Waals surface area contributed by atoms with Crippen molar-refractivity contribution in [3.8, 4) is 28.6 Å². The fraction of sp³-hybridized carbons (Fsp3) is 0.571. The summed E-state index contributed by atoms with van der Waals surface area (Å²) in [6.07, 6.45) is 10.5. The molecule has 0 bridgehead atoms. The van der Waals surface area contributed by atoms with Crippen LogP contribution in [0.4, 0.5) is 0 Å². The van der Waals surface area contributed by atoms with Crippen LogP contribution >= 0.6 is 0 Å². The zero-order chi connectivity index (χ0) is 18.8. The molecule has 2 fully saturated rings. The lowest BCUT2D eigenvalue weighted by Crippen LogP contribution is -2.49. The number of ether oxygens (including phenoxy) is 2. The number of phenolic OH excluding ortho intramolecular Hbond substituents is 1. The van der Waals surface area contributed by atoms with Gasteiger partial charge >= 0.3 is 0 Å². The molecule has 0 aliphatic carbocycles. The molecule has 27 heavy (non-hydrogen) atoms. The Labute approximate surface area is 160 Å². The molecule has 1 aromatic heterocycles. The van der Waals surface area contributed by atoms with Crippen molar-refractivity contribution >= 4 is 0 Å². The summed E-state index contributed by atoms with van der Waals surface area (Å²) in [7, 11) is 3.09. The Morgan fingerprint density at radius 1 is 1.07 bits per heavy atom. The average Bonchev–Trinajstić information content (AvgIpc) is 3.16. The Balaban J connectivity index is 1.62. The van der Waals surface area contributed by atoms with Crippen molar-refractivity contribution < 1.29 is 14.6 Å². The summed E-state index contributed by atoms with van der Waals surface area (Å²) in [6.45, 7) is 3.48. The van der Waals surface area contributed by atoms with E-state index in [1.807, 2.05) is 18.3 Å². The number of aromatic hydroxyl groups is 1. The quantitative estimate of drug-likeness (QED) is 0.871. The van der Waals surface area contributed by atoms with Gasteiger partial charge in [0.1, 0.15) is 5.82 Å². The van der Waals surface area contributed by atoms with Gasteiger partial charge in [-0.05, 0) is 56.8 Å². The van der Waals surface area contributed by atoms with Crippen LogP contribution in [-0.4, -0.2) is 52.9 Å². The molecule has 0 saturated carbocycles. The van der Waals surface area contributed by atoms with Gasteiger partial charge in [0.15, 0.2) is 11.5 Å². The molecule has 6 nitrogen and oxygen atoms in total. The van der Waals surface area contributed by atoms with Gasteiger partial charge in [-0.2, -0.15) is 0 Å². The zero-order valence-corrected chi connectivity index (χ0v) is 16.2. The van der Waals surface area contributed by atoms with Crippen LogP contribution < -0.4 is 9.47 Å². The smallest absolute Gasteiger partial charge is 0.200 e. The van der Waals surface area contributed by atoms with E-state index in [1.165, 1.54) is 45.2 Å². The van der Waals surface area contributed by atoms with Gasteiger partial charge in [-0.1, -0.05) is 6.42 Å². The third kappa shape index (κ3) is 3.50. The third-order valence-electron chi connectivity index (χ3n) is 6.11. The molecule has 0 radical (unpaired) electrons. The fourth-order valence-corrected chi connectivity index (χ4v) is 4.78. The Bertz CT molecular complexity index is 762. The van der Waals surface area contributed by atoms with Crippen molar-refractivity contribution in [3.05, 3.63) is 24.5 Å². The van der Waals surface area contributed by atoms with Crippen molar-refractivity contribution in [2.45, 2.75) is 44.7 Å². The van der Waals surface area contributed by atoms with Crippen molar-refractivity contribution in [2.24, 2.45) is 5.92 Å². The Morgan fingerprint density at radius 3 is 2.56 bits per heavy atom. The van der Waals surface area contributed by atoms with Crippen LogP contribution in [0.15, 0.2) is 24.5 Å². The first-order chi connectivity index (χ1) is 13.2. The summed E-state index contributed by atoms with van der Waals surface area (Å²) in [6, 6.07) is 4.35. The van der Waals surface area contributed by atoms with Crippen molar-refractivity contribution in [3.63, 3.8) is 0 Å². The maximum Gasteiger partial charge on any atom is 0.200 e. The molecule has 2 atom stereocenters. The Kier molecular flexibility index (Phi) is 5.25. The van der Waals surface area contributed by atoms with E-state index in [-0.39, 0.29) is 5.75 Å². The number of rotatable bonds is 5. The van der Waals surface area contributed by atoms with Crippen LogP contribution in [0.5, 0.6) is 17.2 Å². The minimum absolute atomic E-state index is 0.0204. The molecule has 2 aromatic rings. The monoisotopic (exact) mass is 371 g/mol. The van der Waals surface area contributed by atoms with E-state index in [4.69, 9.17) is 9.47 Å². The van der Waals surface area contributed by atoms with E-state index in [0.717, 1.165) is 17.9 Å². The van der Waals surface area contributed by atoms with Gasteiger partial charge in [0.05, 0.1) is 14.2 Å². The molecule has 0 spiro atoms. The predicted molar refractivity (Wildman–Crippen MR) is 104 cm³/mol. The highest BCUT2D eigenvalue weighted by Gasteiger charge is 2.33. The zero-order valence-electron chi connectivity index (χ0n) is 16.2. The standard InChI is InChI=1S/C21H29N3O3/c1-26-18-12-16(13-19(27-2)20(18)25)21-22-8-11-24(21)14-15-6-5-10-23-9-4-3-7-17(15)23/h8,11-13,15,17,25H,3-7,9-10,14H2,1-2H3/t15-,17+/m0/s1. The lowest BCUT2D eigenvalue weighted by molar-refractivity contribution is 0.0521. The van der Waals surface area contributed by atoms with E-state index in [9.17, 15) is 5.11 Å². The van der Waals surface area contributed by atoms with Gasteiger partial charge in [0, 0.05) is 30.5 Å².